The first-order valence-corrected chi connectivity index (χ1v) is 12.8. The molecule has 3 fully saturated rings. The molecule has 170 valence electrons. The second-order valence-electron chi connectivity index (χ2n) is 9.13. The molecule has 3 aliphatic rings. The average Bonchev–Trinajstić information content (AvgIpc) is 3.60. The molecule has 2 N–H and O–H groups in total. The standard InChI is InChI=1S/C25H32N4O2S/c30-24(18-7-8-18)27-19-9-10-20(21(16-19)28-12-3-1-2-4-13-28)25(31)29-14-11-26-17-22(29)23-6-5-15-32-23/h5-6,9-10,15-16,18,22,26H,1-4,7-8,11-14,17H2,(H,27,30). The lowest BCUT2D eigenvalue weighted by Gasteiger charge is -2.37. The molecule has 3 heterocycles. The number of carbonyl (C=O) groups is 2. The zero-order chi connectivity index (χ0) is 21.9. The maximum atomic E-state index is 13.9. The number of anilines is 2. The number of nitrogens with zero attached hydrogens (tertiary/aromatic N) is 2. The van der Waals surface area contributed by atoms with Crippen LogP contribution in [0.4, 0.5) is 11.4 Å². The van der Waals surface area contributed by atoms with E-state index in [0.717, 1.165) is 68.8 Å². The van der Waals surface area contributed by atoms with Gasteiger partial charge < -0.3 is 20.4 Å². The van der Waals surface area contributed by atoms with Crippen molar-refractivity contribution < 1.29 is 9.59 Å². The topological polar surface area (TPSA) is 64.7 Å². The molecular formula is C25H32N4O2S. The van der Waals surface area contributed by atoms with Crippen molar-refractivity contribution in [2.45, 2.75) is 44.6 Å². The third kappa shape index (κ3) is 4.69. The van der Waals surface area contributed by atoms with Gasteiger partial charge in [0.25, 0.3) is 5.91 Å². The van der Waals surface area contributed by atoms with Crippen LogP contribution in [0, 0.1) is 5.92 Å². The number of benzene rings is 1. The van der Waals surface area contributed by atoms with Crippen LogP contribution in [-0.2, 0) is 4.79 Å². The van der Waals surface area contributed by atoms with Crippen molar-refractivity contribution >= 4 is 34.5 Å². The van der Waals surface area contributed by atoms with E-state index in [0.29, 0.717) is 6.54 Å². The van der Waals surface area contributed by atoms with Gasteiger partial charge in [-0.1, -0.05) is 18.9 Å². The third-order valence-electron chi connectivity index (χ3n) is 6.77. The Morgan fingerprint density at radius 1 is 1.03 bits per heavy atom. The Hall–Kier alpha value is -2.38. The number of hydrogen-bond acceptors (Lipinski definition) is 5. The predicted octanol–water partition coefficient (Wildman–Crippen LogP) is 4.26. The highest BCUT2D eigenvalue weighted by Gasteiger charge is 2.32. The Morgan fingerprint density at radius 2 is 1.84 bits per heavy atom. The Bertz CT molecular complexity index is 949. The van der Waals surface area contributed by atoms with Crippen LogP contribution < -0.4 is 15.5 Å². The molecule has 0 bridgehead atoms. The first-order chi connectivity index (χ1) is 15.7. The summed E-state index contributed by atoms with van der Waals surface area (Å²) in [6, 6.07) is 10.1. The molecule has 6 nitrogen and oxygen atoms in total. The normalized spacial score (nSPS) is 21.8. The van der Waals surface area contributed by atoms with Crippen molar-refractivity contribution in [3.8, 4) is 0 Å². The van der Waals surface area contributed by atoms with Crippen LogP contribution in [0.5, 0.6) is 0 Å². The lowest BCUT2D eigenvalue weighted by atomic mass is 10.1. The monoisotopic (exact) mass is 452 g/mol. The van der Waals surface area contributed by atoms with Crippen molar-refractivity contribution in [1.29, 1.82) is 0 Å². The van der Waals surface area contributed by atoms with Crippen LogP contribution in [0.25, 0.3) is 0 Å². The summed E-state index contributed by atoms with van der Waals surface area (Å²) in [4.78, 5) is 31.9. The summed E-state index contributed by atoms with van der Waals surface area (Å²) >= 11 is 1.71. The molecular weight excluding hydrogens is 420 g/mol. The fraction of sp³-hybridized carbons (Fsp3) is 0.520. The molecule has 1 aromatic heterocycles. The largest absolute Gasteiger partial charge is 0.371 e. The lowest BCUT2D eigenvalue weighted by molar-refractivity contribution is -0.117. The fourth-order valence-electron chi connectivity index (χ4n) is 4.79. The minimum absolute atomic E-state index is 0.0579. The summed E-state index contributed by atoms with van der Waals surface area (Å²) in [7, 11) is 0. The molecule has 7 heteroatoms. The van der Waals surface area contributed by atoms with Crippen molar-refractivity contribution in [2.24, 2.45) is 5.92 Å². The predicted molar refractivity (Wildman–Crippen MR) is 129 cm³/mol. The third-order valence-corrected chi connectivity index (χ3v) is 7.74. The molecule has 2 saturated heterocycles. The van der Waals surface area contributed by atoms with Crippen LogP contribution in [-0.4, -0.2) is 49.4 Å². The van der Waals surface area contributed by atoms with Gasteiger partial charge in [0, 0.05) is 49.2 Å². The number of nitrogens with one attached hydrogen (secondary N) is 2. The van der Waals surface area contributed by atoms with Gasteiger partial charge in [-0.15, -0.1) is 11.3 Å². The minimum Gasteiger partial charge on any atom is -0.371 e. The molecule has 0 spiro atoms. The van der Waals surface area contributed by atoms with E-state index >= 15 is 0 Å². The molecule has 5 rings (SSSR count). The zero-order valence-corrected chi connectivity index (χ0v) is 19.3. The number of hydrogen-bond donors (Lipinski definition) is 2. The van der Waals surface area contributed by atoms with Gasteiger partial charge in [-0.25, -0.2) is 0 Å². The quantitative estimate of drug-likeness (QED) is 0.711. The second-order valence-corrected chi connectivity index (χ2v) is 10.1. The fourth-order valence-corrected chi connectivity index (χ4v) is 5.63. The van der Waals surface area contributed by atoms with Crippen LogP contribution in [0.15, 0.2) is 35.7 Å². The lowest BCUT2D eigenvalue weighted by Crippen LogP contribution is -2.48. The van der Waals surface area contributed by atoms with Gasteiger partial charge in [0.2, 0.25) is 5.91 Å². The molecule has 2 aromatic rings. The van der Waals surface area contributed by atoms with Crippen LogP contribution in [0.2, 0.25) is 0 Å². The summed E-state index contributed by atoms with van der Waals surface area (Å²) in [6.45, 7) is 4.19. The van der Waals surface area contributed by atoms with E-state index in [2.05, 4.69) is 33.0 Å². The van der Waals surface area contributed by atoms with Crippen LogP contribution >= 0.6 is 11.3 Å². The van der Waals surface area contributed by atoms with Gasteiger partial charge in [0.1, 0.15) is 0 Å². The van der Waals surface area contributed by atoms with Crippen molar-refractivity contribution in [3.63, 3.8) is 0 Å². The number of amides is 2. The summed E-state index contributed by atoms with van der Waals surface area (Å²) in [6.07, 6.45) is 6.70. The Balaban J connectivity index is 1.46. The molecule has 32 heavy (non-hydrogen) atoms. The summed E-state index contributed by atoms with van der Waals surface area (Å²) in [5.74, 6) is 0.348. The number of thiophene rings is 1. The highest BCUT2D eigenvalue weighted by atomic mass is 32.1. The van der Waals surface area contributed by atoms with E-state index in [9.17, 15) is 9.59 Å². The van der Waals surface area contributed by atoms with Crippen LogP contribution in [0.3, 0.4) is 0 Å². The smallest absolute Gasteiger partial charge is 0.256 e. The van der Waals surface area contributed by atoms with Crippen molar-refractivity contribution in [1.82, 2.24) is 10.2 Å². The molecule has 1 atom stereocenters. The first kappa shape index (κ1) is 21.5. The Morgan fingerprint density at radius 3 is 2.56 bits per heavy atom. The Labute approximate surface area is 194 Å². The average molecular weight is 453 g/mol. The van der Waals surface area contributed by atoms with Gasteiger partial charge in [-0.05, 0) is 55.3 Å². The molecule has 1 unspecified atom stereocenters. The van der Waals surface area contributed by atoms with Crippen molar-refractivity contribution in [2.75, 3.05) is 42.9 Å². The van der Waals surface area contributed by atoms with Crippen LogP contribution in [0.1, 0.15) is 59.8 Å². The van der Waals surface area contributed by atoms with E-state index in [1.165, 1.54) is 17.7 Å². The number of rotatable bonds is 5. The first-order valence-electron chi connectivity index (χ1n) is 12.0. The van der Waals surface area contributed by atoms with E-state index in [1.807, 2.05) is 23.1 Å². The maximum Gasteiger partial charge on any atom is 0.256 e. The molecule has 1 aliphatic carbocycles. The number of piperazine rings is 1. The number of carbonyl (C=O) groups excluding carboxylic acids is 2. The maximum absolute atomic E-state index is 13.9. The molecule has 1 aromatic carbocycles. The summed E-state index contributed by atoms with van der Waals surface area (Å²) in [5.41, 5.74) is 2.52. The summed E-state index contributed by atoms with van der Waals surface area (Å²) in [5, 5.41) is 8.60. The van der Waals surface area contributed by atoms with Gasteiger partial charge in [-0.3, -0.25) is 9.59 Å². The summed E-state index contributed by atoms with van der Waals surface area (Å²) < 4.78 is 0. The highest BCUT2D eigenvalue weighted by Crippen LogP contribution is 2.34. The van der Waals surface area contributed by atoms with E-state index in [1.54, 1.807) is 11.3 Å². The van der Waals surface area contributed by atoms with E-state index < -0.39 is 0 Å². The SMILES string of the molecule is O=C(Nc1ccc(C(=O)N2CCNCC2c2cccs2)c(N2CCCCCC2)c1)C1CC1. The minimum atomic E-state index is 0.0579. The molecule has 0 radical (unpaired) electrons. The van der Waals surface area contributed by atoms with Gasteiger partial charge in [0.05, 0.1) is 17.3 Å². The van der Waals surface area contributed by atoms with Gasteiger partial charge in [-0.2, -0.15) is 0 Å². The molecule has 2 amide bonds. The van der Waals surface area contributed by atoms with E-state index in [4.69, 9.17) is 0 Å². The highest BCUT2D eigenvalue weighted by molar-refractivity contribution is 7.10. The zero-order valence-electron chi connectivity index (χ0n) is 18.5. The van der Waals surface area contributed by atoms with Gasteiger partial charge in [0.15, 0.2) is 0 Å². The second kappa shape index (κ2) is 9.63. The molecule has 2 aliphatic heterocycles. The van der Waals surface area contributed by atoms with Gasteiger partial charge >= 0.3 is 0 Å². The van der Waals surface area contributed by atoms with Crippen molar-refractivity contribution in [3.05, 3.63) is 46.2 Å². The Kier molecular flexibility index (Phi) is 6.46. The van der Waals surface area contributed by atoms with E-state index in [-0.39, 0.29) is 23.8 Å². The molecule has 1 saturated carbocycles.